The first-order chi connectivity index (χ1) is 13.5. The van der Waals surface area contributed by atoms with E-state index in [-0.39, 0.29) is 12.5 Å². The molecular formula is C19H20N6O2S. The van der Waals surface area contributed by atoms with E-state index in [0.717, 1.165) is 36.7 Å². The summed E-state index contributed by atoms with van der Waals surface area (Å²) in [6.45, 7) is 1.76. The Labute approximate surface area is 163 Å². The predicted octanol–water partition coefficient (Wildman–Crippen LogP) is 2.31. The summed E-state index contributed by atoms with van der Waals surface area (Å²) >= 11 is 0. The maximum Gasteiger partial charge on any atom is 0.265 e. The molecule has 1 fully saturated rings. The third kappa shape index (κ3) is 2.65. The van der Waals surface area contributed by atoms with Gasteiger partial charge in [0, 0.05) is 18.5 Å². The highest BCUT2D eigenvalue weighted by molar-refractivity contribution is 7.93. The topological polar surface area (TPSA) is 105 Å². The van der Waals surface area contributed by atoms with Crippen LogP contribution in [0, 0.1) is 0 Å². The van der Waals surface area contributed by atoms with Crippen LogP contribution in [-0.2, 0) is 16.6 Å². The van der Waals surface area contributed by atoms with Crippen LogP contribution in [0.1, 0.15) is 25.1 Å². The van der Waals surface area contributed by atoms with Gasteiger partial charge in [0.15, 0.2) is 5.82 Å². The Kier molecular flexibility index (Phi) is 3.87. The number of nitrogens with two attached hydrogens (primary N) is 1. The zero-order chi connectivity index (χ0) is 19.3. The highest BCUT2D eigenvalue weighted by Crippen LogP contribution is 2.42. The fourth-order valence-corrected chi connectivity index (χ4v) is 5.65. The van der Waals surface area contributed by atoms with Gasteiger partial charge in [0.05, 0.1) is 17.1 Å². The maximum absolute atomic E-state index is 13.2. The molecule has 0 saturated carbocycles. The van der Waals surface area contributed by atoms with E-state index in [1.165, 1.54) is 10.7 Å². The zero-order valence-electron chi connectivity index (χ0n) is 15.2. The lowest BCUT2D eigenvalue weighted by Crippen LogP contribution is -2.32. The molecule has 9 heteroatoms. The van der Waals surface area contributed by atoms with Crippen LogP contribution in [0.4, 0.5) is 17.6 Å². The molecule has 5 rings (SSSR count). The number of rotatable bonds is 3. The van der Waals surface area contributed by atoms with Crippen LogP contribution < -0.4 is 14.9 Å². The summed E-state index contributed by atoms with van der Waals surface area (Å²) in [7, 11) is -3.67. The van der Waals surface area contributed by atoms with Crippen LogP contribution in [0.25, 0.3) is 10.8 Å². The van der Waals surface area contributed by atoms with Gasteiger partial charge < -0.3 is 10.6 Å². The first-order valence-corrected chi connectivity index (χ1v) is 10.8. The average molecular weight is 396 g/mol. The summed E-state index contributed by atoms with van der Waals surface area (Å²) < 4.78 is 27.7. The lowest BCUT2D eigenvalue weighted by molar-refractivity contribution is 0.565. The zero-order valence-corrected chi connectivity index (χ0v) is 16.1. The standard InChI is InChI=1S/C19H20N6O2S/c20-18-21-16(22-19(23-18)24-10-2-1-3-11-24)12-25-14-8-4-6-13-7-5-9-15(17(13)14)28(25,26)27/h4-9H,1-3,10-12H2,(H2,20,21,22,23). The molecule has 1 aromatic heterocycles. The molecule has 0 spiro atoms. The minimum Gasteiger partial charge on any atom is -0.368 e. The second kappa shape index (κ2) is 6.30. The van der Waals surface area contributed by atoms with E-state index in [0.29, 0.717) is 22.4 Å². The van der Waals surface area contributed by atoms with Crippen molar-refractivity contribution in [2.45, 2.75) is 30.7 Å². The summed E-state index contributed by atoms with van der Waals surface area (Å²) in [6, 6.07) is 10.9. The number of nitrogen functional groups attached to an aromatic ring is 1. The van der Waals surface area contributed by atoms with Gasteiger partial charge in [-0.25, -0.2) is 8.42 Å². The maximum atomic E-state index is 13.2. The van der Waals surface area contributed by atoms with E-state index >= 15 is 0 Å². The quantitative estimate of drug-likeness (QED) is 0.724. The molecule has 3 aromatic rings. The van der Waals surface area contributed by atoms with Gasteiger partial charge in [-0.05, 0) is 36.8 Å². The summed E-state index contributed by atoms with van der Waals surface area (Å²) in [5.74, 6) is 0.980. The van der Waals surface area contributed by atoms with Gasteiger partial charge in [0.1, 0.15) is 0 Å². The van der Waals surface area contributed by atoms with Crippen molar-refractivity contribution in [1.29, 1.82) is 0 Å². The van der Waals surface area contributed by atoms with Crippen molar-refractivity contribution in [2.24, 2.45) is 0 Å². The highest BCUT2D eigenvalue weighted by atomic mass is 32.2. The first kappa shape index (κ1) is 17.2. The van der Waals surface area contributed by atoms with Crippen molar-refractivity contribution in [3.05, 3.63) is 42.2 Å². The average Bonchev–Trinajstić information content (AvgIpc) is 2.92. The van der Waals surface area contributed by atoms with Crippen molar-refractivity contribution < 1.29 is 8.42 Å². The summed E-state index contributed by atoms with van der Waals surface area (Å²) in [5.41, 5.74) is 6.56. The summed E-state index contributed by atoms with van der Waals surface area (Å²) in [4.78, 5) is 15.4. The second-order valence-corrected chi connectivity index (χ2v) is 8.93. The van der Waals surface area contributed by atoms with E-state index < -0.39 is 10.0 Å². The van der Waals surface area contributed by atoms with Crippen LogP contribution in [0.5, 0.6) is 0 Å². The lowest BCUT2D eigenvalue weighted by atomic mass is 10.1. The van der Waals surface area contributed by atoms with Gasteiger partial charge in [-0.15, -0.1) is 0 Å². The molecule has 0 aliphatic carbocycles. The number of nitrogens with zero attached hydrogens (tertiary/aromatic N) is 5. The molecule has 0 amide bonds. The number of benzene rings is 2. The van der Waals surface area contributed by atoms with Crippen molar-refractivity contribution in [3.8, 4) is 0 Å². The fourth-order valence-electron chi connectivity index (χ4n) is 3.99. The van der Waals surface area contributed by atoms with E-state index in [1.807, 2.05) is 24.3 Å². The Morgan fingerprint density at radius 2 is 1.71 bits per heavy atom. The van der Waals surface area contributed by atoms with Gasteiger partial charge in [0.25, 0.3) is 10.0 Å². The second-order valence-electron chi connectivity index (χ2n) is 7.10. The molecule has 0 radical (unpaired) electrons. The van der Waals surface area contributed by atoms with E-state index in [1.54, 1.807) is 12.1 Å². The van der Waals surface area contributed by atoms with Crippen LogP contribution in [0.15, 0.2) is 41.3 Å². The number of hydrogen-bond acceptors (Lipinski definition) is 7. The molecule has 3 heterocycles. The predicted molar refractivity (Wildman–Crippen MR) is 108 cm³/mol. The smallest absolute Gasteiger partial charge is 0.265 e. The summed E-state index contributed by atoms with van der Waals surface area (Å²) in [5, 5.41) is 1.63. The van der Waals surface area contributed by atoms with Crippen molar-refractivity contribution in [1.82, 2.24) is 15.0 Å². The van der Waals surface area contributed by atoms with E-state index in [2.05, 4.69) is 19.9 Å². The molecule has 0 bridgehead atoms. The normalized spacial score (nSPS) is 18.0. The molecule has 2 aliphatic rings. The Morgan fingerprint density at radius 3 is 2.50 bits per heavy atom. The number of aromatic nitrogens is 3. The molecule has 1 saturated heterocycles. The van der Waals surface area contributed by atoms with Crippen LogP contribution in [-0.4, -0.2) is 36.5 Å². The number of anilines is 3. The Morgan fingerprint density at radius 1 is 0.964 bits per heavy atom. The van der Waals surface area contributed by atoms with Gasteiger partial charge in [-0.2, -0.15) is 15.0 Å². The summed E-state index contributed by atoms with van der Waals surface area (Å²) in [6.07, 6.45) is 3.36. The van der Waals surface area contributed by atoms with E-state index in [9.17, 15) is 8.42 Å². The third-order valence-corrected chi connectivity index (χ3v) is 7.09. The fraction of sp³-hybridized carbons (Fsp3) is 0.316. The Bertz CT molecular complexity index is 1170. The minimum atomic E-state index is -3.67. The highest BCUT2D eigenvalue weighted by Gasteiger charge is 2.36. The van der Waals surface area contributed by atoms with Gasteiger partial charge in [0.2, 0.25) is 11.9 Å². The first-order valence-electron chi connectivity index (χ1n) is 9.34. The monoisotopic (exact) mass is 396 g/mol. The molecule has 2 aromatic carbocycles. The lowest BCUT2D eigenvalue weighted by Gasteiger charge is -2.27. The minimum absolute atomic E-state index is 0.0175. The van der Waals surface area contributed by atoms with Crippen LogP contribution in [0.3, 0.4) is 0 Å². The Balaban J connectivity index is 1.55. The molecule has 0 atom stereocenters. The van der Waals surface area contributed by atoms with Crippen LogP contribution >= 0.6 is 0 Å². The van der Waals surface area contributed by atoms with Gasteiger partial charge >= 0.3 is 0 Å². The molecular weight excluding hydrogens is 376 g/mol. The molecule has 28 heavy (non-hydrogen) atoms. The van der Waals surface area contributed by atoms with Crippen molar-refractivity contribution in [2.75, 3.05) is 28.0 Å². The van der Waals surface area contributed by atoms with Gasteiger partial charge in [-0.1, -0.05) is 24.3 Å². The molecule has 8 nitrogen and oxygen atoms in total. The number of sulfonamides is 1. The molecule has 0 unspecified atom stereocenters. The van der Waals surface area contributed by atoms with Crippen molar-refractivity contribution in [3.63, 3.8) is 0 Å². The molecule has 2 N–H and O–H groups in total. The Hall–Kier alpha value is -2.94. The largest absolute Gasteiger partial charge is 0.368 e. The van der Waals surface area contributed by atoms with Crippen LogP contribution in [0.2, 0.25) is 0 Å². The molecule has 2 aliphatic heterocycles. The number of piperidine rings is 1. The third-order valence-electron chi connectivity index (χ3n) is 5.29. The number of hydrogen-bond donors (Lipinski definition) is 1. The SMILES string of the molecule is Nc1nc(CN2c3cccc4cccc(c34)S2(=O)=O)nc(N2CCCCC2)n1. The van der Waals surface area contributed by atoms with Gasteiger partial charge in [-0.3, -0.25) is 4.31 Å². The van der Waals surface area contributed by atoms with E-state index in [4.69, 9.17) is 5.73 Å². The molecule has 144 valence electrons. The van der Waals surface area contributed by atoms with Crippen molar-refractivity contribution >= 4 is 38.4 Å².